The van der Waals surface area contributed by atoms with Crippen LogP contribution >= 0.6 is 0 Å². The van der Waals surface area contributed by atoms with Gasteiger partial charge in [0.15, 0.2) is 0 Å². The number of rotatable bonds is 21. The highest BCUT2D eigenvalue weighted by Crippen LogP contribution is 2.15. The van der Waals surface area contributed by atoms with E-state index in [2.05, 4.69) is 17.0 Å². The van der Waals surface area contributed by atoms with Crippen molar-refractivity contribution >= 4 is 12.1 Å². The quantitative estimate of drug-likeness (QED) is 0.142. The van der Waals surface area contributed by atoms with Gasteiger partial charge in [0.1, 0.15) is 11.8 Å². The standard InChI is InChI=1S/C29H50N2O4/c1-3-4-5-6-7-8-9-10-11-12-13-14-15-16-17-18-23-31-29(33)35-26-21-19-25(20-22-26)24-27(30)28(32)34-2/h19-22,27H,3-18,23-24,30H2,1-2H3,(H,31,33)/t27-/m0/s1. The zero-order chi connectivity index (χ0) is 25.6. The lowest BCUT2D eigenvalue weighted by molar-refractivity contribution is -0.142. The Morgan fingerprint density at radius 3 is 1.69 bits per heavy atom. The van der Waals surface area contributed by atoms with Crippen LogP contribution in [0.2, 0.25) is 0 Å². The Kier molecular flexibility index (Phi) is 18.8. The first-order chi connectivity index (χ1) is 17.1. The molecule has 3 N–H and O–H groups in total. The highest BCUT2D eigenvalue weighted by atomic mass is 16.6. The summed E-state index contributed by atoms with van der Waals surface area (Å²) >= 11 is 0. The predicted octanol–water partition coefficient (Wildman–Crippen LogP) is 7.08. The second-order valence-corrected chi connectivity index (χ2v) is 9.60. The van der Waals surface area contributed by atoms with E-state index in [1.165, 1.54) is 97.0 Å². The second kappa shape index (κ2) is 21.2. The summed E-state index contributed by atoms with van der Waals surface area (Å²) in [5, 5.41) is 2.81. The smallest absolute Gasteiger partial charge is 0.412 e. The summed E-state index contributed by atoms with van der Waals surface area (Å²) in [4.78, 5) is 23.3. The van der Waals surface area contributed by atoms with Gasteiger partial charge in [-0.15, -0.1) is 0 Å². The van der Waals surface area contributed by atoms with Crippen molar-refractivity contribution in [2.24, 2.45) is 5.73 Å². The third-order valence-corrected chi connectivity index (χ3v) is 6.39. The van der Waals surface area contributed by atoms with Gasteiger partial charge in [-0.05, 0) is 30.5 Å². The summed E-state index contributed by atoms with van der Waals surface area (Å²) in [6, 6.07) is 6.29. The molecule has 6 nitrogen and oxygen atoms in total. The minimum atomic E-state index is -0.699. The number of nitrogens with two attached hydrogens (primary N) is 1. The molecule has 0 heterocycles. The molecule has 35 heavy (non-hydrogen) atoms. The number of nitrogens with one attached hydrogen (secondary N) is 1. The summed E-state index contributed by atoms with van der Waals surface area (Å²) < 4.78 is 9.93. The van der Waals surface area contributed by atoms with Crippen molar-refractivity contribution in [2.45, 2.75) is 122 Å². The Hall–Kier alpha value is -2.08. The number of hydrogen-bond acceptors (Lipinski definition) is 5. The number of unbranched alkanes of at least 4 members (excludes halogenated alkanes) is 15. The molecule has 0 aliphatic rings. The van der Waals surface area contributed by atoms with E-state index in [0.29, 0.717) is 18.7 Å². The van der Waals surface area contributed by atoms with Gasteiger partial charge in [-0.2, -0.15) is 0 Å². The molecule has 1 amide bonds. The maximum Gasteiger partial charge on any atom is 0.412 e. The van der Waals surface area contributed by atoms with E-state index in [1.54, 1.807) is 24.3 Å². The van der Waals surface area contributed by atoms with E-state index in [0.717, 1.165) is 18.4 Å². The second-order valence-electron chi connectivity index (χ2n) is 9.60. The third-order valence-electron chi connectivity index (χ3n) is 6.39. The van der Waals surface area contributed by atoms with Gasteiger partial charge in [0, 0.05) is 6.54 Å². The van der Waals surface area contributed by atoms with Gasteiger partial charge >= 0.3 is 12.1 Å². The number of amides is 1. The van der Waals surface area contributed by atoms with Gasteiger partial charge in [0.05, 0.1) is 7.11 Å². The van der Waals surface area contributed by atoms with E-state index < -0.39 is 18.1 Å². The Balaban J connectivity index is 1.93. The Bertz CT molecular complexity index is 663. The maximum absolute atomic E-state index is 11.9. The lowest BCUT2D eigenvalue weighted by Crippen LogP contribution is -2.33. The van der Waals surface area contributed by atoms with Crippen LogP contribution in [-0.4, -0.2) is 31.8 Å². The summed E-state index contributed by atoms with van der Waals surface area (Å²) in [6.45, 7) is 2.90. The van der Waals surface area contributed by atoms with E-state index in [9.17, 15) is 9.59 Å². The normalized spacial score (nSPS) is 11.7. The number of ether oxygens (including phenoxy) is 2. The zero-order valence-corrected chi connectivity index (χ0v) is 22.3. The molecule has 0 aliphatic carbocycles. The van der Waals surface area contributed by atoms with Gasteiger partial charge in [-0.25, -0.2) is 4.79 Å². The average molecular weight is 491 g/mol. The maximum atomic E-state index is 11.9. The topological polar surface area (TPSA) is 90.6 Å². The monoisotopic (exact) mass is 490 g/mol. The van der Waals surface area contributed by atoms with Crippen LogP contribution < -0.4 is 15.8 Å². The van der Waals surface area contributed by atoms with Crippen LogP contribution in [0.5, 0.6) is 5.75 Å². The number of esters is 1. The Labute approximate surface area is 213 Å². The van der Waals surface area contributed by atoms with Gasteiger partial charge in [-0.1, -0.05) is 115 Å². The molecular formula is C29H50N2O4. The fourth-order valence-corrected chi connectivity index (χ4v) is 4.19. The first-order valence-electron chi connectivity index (χ1n) is 13.9. The molecule has 6 heteroatoms. The Morgan fingerprint density at radius 2 is 1.23 bits per heavy atom. The first kappa shape index (κ1) is 31.0. The number of methoxy groups -OCH3 is 1. The van der Waals surface area contributed by atoms with Crippen LogP contribution in [0.4, 0.5) is 4.79 Å². The van der Waals surface area contributed by atoms with Crippen LogP contribution in [0.3, 0.4) is 0 Å². The number of hydrogen-bond donors (Lipinski definition) is 2. The average Bonchev–Trinajstić information content (AvgIpc) is 2.86. The summed E-state index contributed by atoms with van der Waals surface area (Å²) in [5.74, 6) is 0.0173. The summed E-state index contributed by atoms with van der Waals surface area (Å²) in [5.41, 5.74) is 6.64. The molecule has 0 saturated heterocycles. The zero-order valence-electron chi connectivity index (χ0n) is 22.3. The minimum absolute atomic E-state index is 0.373. The predicted molar refractivity (Wildman–Crippen MR) is 144 cm³/mol. The summed E-state index contributed by atoms with van der Waals surface area (Å²) in [6.07, 6.45) is 21.2. The number of carbonyl (C=O) groups is 2. The van der Waals surface area contributed by atoms with Crippen molar-refractivity contribution in [3.05, 3.63) is 29.8 Å². The molecule has 1 atom stereocenters. The van der Waals surface area contributed by atoms with E-state index >= 15 is 0 Å². The van der Waals surface area contributed by atoms with E-state index in [1.807, 2.05) is 0 Å². The van der Waals surface area contributed by atoms with E-state index in [4.69, 9.17) is 10.5 Å². The van der Waals surface area contributed by atoms with E-state index in [-0.39, 0.29) is 0 Å². The largest absolute Gasteiger partial charge is 0.468 e. The molecule has 1 aromatic rings. The fraction of sp³-hybridized carbons (Fsp3) is 0.724. The number of carbonyl (C=O) groups excluding carboxylic acids is 2. The highest BCUT2D eigenvalue weighted by Gasteiger charge is 2.14. The van der Waals surface area contributed by atoms with Crippen LogP contribution in [-0.2, 0) is 16.0 Å². The molecule has 0 unspecified atom stereocenters. The third kappa shape index (κ3) is 17.1. The molecule has 0 fully saturated rings. The van der Waals surface area contributed by atoms with Crippen molar-refractivity contribution < 1.29 is 19.1 Å². The van der Waals surface area contributed by atoms with Crippen molar-refractivity contribution in [3.63, 3.8) is 0 Å². The van der Waals surface area contributed by atoms with Gasteiger partial charge in [-0.3, -0.25) is 4.79 Å². The highest BCUT2D eigenvalue weighted by molar-refractivity contribution is 5.75. The van der Waals surface area contributed by atoms with Crippen molar-refractivity contribution in [2.75, 3.05) is 13.7 Å². The minimum Gasteiger partial charge on any atom is -0.468 e. The Morgan fingerprint density at radius 1 is 0.771 bits per heavy atom. The van der Waals surface area contributed by atoms with Gasteiger partial charge in [0.25, 0.3) is 0 Å². The molecule has 1 rings (SSSR count). The molecule has 200 valence electrons. The first-order valence-corrected chi connectivity index (χ1v) is 13.9. The van der Waals surface area contributed by atoms with Crippen LogP contribution in [0.15, 0.2) is 24.3 Å². The molecule has 0 aromatic heterocycles. The molecule has 0 spiro atoms. The molecule has 1 aromatic carbocycles. The van der Waals surface area contributed by atoms with Crippen molar-refractivity contribution in [3.8, 4) is 5.75 Å². The SMILES string of the molecule is CCCCCCCCCCCCCCCCCCNC(=O)Oc1ccc(C[C@H](N)C(=O)OC)cc1. The van der Waals surface area contributed by atoms with Crippen molar-refractivity contribution in [1.29, 1.82) is 0 Å². The van der Waals surface area contributed by atoms with Gasteiger partial charge in [0.2, 0.25) is 0 Å². The molecule has 0 bridgehead atoms. The van der Waals surface area contributed by atoms with Gasteiger partial charge < -0.3 is 20.5 Å². The lowest BCUT2D eigenvalue weighted by Gasteiger charge is -2.10. The van der Waals surface area contributed by atoms with Crippen LogP contribution in [0, 0.1) is 0 Å². The molecular weight excluding hydrogens is 440 g/mol. The van der Waals surface area contributed by atoms with Crippen LogP contribution in [0.25, 0.3) is 0 Å². The molecule has 0 radical (unpaired) electrons. The summed E-state index contributed by atoms with van der Waals surface area (Å²) in [7, 11) is 1.32. The molecule has 0 aliphatic heterocycles. The lowest BCUT2D eigenvalue weighted by atomic mass is 10.0. The molecule has 0 saturated carbocycles. The van der Waals surface area contributed by atoms with Crippen molar-refractivity contribution in [1.82, 2.24) is 5.32 Å². The van der Waals surface area contributed by atoms with Crippen LogP contribution in [0.1, 0.15) is 115 Å². The number of benzene rings is 1. The fourth-order valence-electron chi connectivity index (χ4n) is 4.19.